The van der Waals surface area contributed by atoms with Crippen molar-refractivity contribution in [3.05, 3.63) is 65.7 Å². The van der Waals surface area contributed by atoms with Crippen LogP contribution in [0.15, 0.2) is 48.5 Å². The van der Waals surface area contributed by atoms with Crippen molar-refractivity contribution in [2.75, 3.05) is 19.6 Å². The summed E-state index contributed by atoms with van der Waals surface area (Å²) in [6.45, 7) is 6.03. The molecule has 1 aromatic heterocycles. The number of nitrogens with one attached hydrogen (secondary N) is 1. The highest BCUT2D eigenvalue weighted by atomic mass is 35.5. The van der Waals surface area contributed by atoms with Crippen molar-refractivity contribution in [1.82, 2.24) is 24.7 Å². The molecule has 0 aliphatic carbocycles. The largest absolute Gasteiger partial charge is 0.342 e. The van der Waals surface area contributed by atoms with E-state index in [0.29, 0.717) is 37.6 Å². The van der Waals surface area contributed by atoms with Crippen LogP contribution in [0.2, 0.25) is 0 Å². The molecule has 2 amide bonds. The van der Waals surface area contributed by atoms with Crippen molar-refractivity contribution < 1.29 is 14.0 Å². The van der Waals surface area contributed by atoms with Crippen molar-refractivity contribution in [3.63, 3.8) is 0 Å². The molecule has 6 rings (SSSR count). The summed E-state index contributed by atoms with van der Waals surface area (Å²) in [7, 11) is 0. The number of rotatable bonds is 9. The molecule has 236 valence electrons. The summed E-state index contributed by atoms with van der Waals surface area (Å²) in [6, 6.07) is 16.3. The Labute approximate surface area is 269 Å². The minimum Gasteiger partial charge on any atom is -0.342 e. The fourth-order valence-electron chi connectivity index (χ4n) is 8.24. The standard InChI is InChI=1S/C34H42Cl2FN5O2/c1-3-28(39-32(43)31(35)36)33(44)40-16-13-34(14-17-40,23-7-6-8-24(37)19-23)15-18-41-25-11-12-26(41)21-27(20-25)42-22(2)38-29-9-4-5-10-30(29)42/h4-10,19,25-28,31H,3,11-18,20-21H2,1-2H3,(H,39,43)/t25-,26+,27+,28-/m0/s1. The smallest absolute Gasteiger partial charge is 0.253 e. The predicted octanol–water partition coefficient (Wildman–Crippen LogP) is 6.30. The molecule has 4 heterocycles. The quantitative estimate of drug-likeness (QED) is 0.278. The molecule has 0 radical (unpaired) electrons. The van der Waals surface area contributed by atoms with Gasteiger partial charge < -0.3 is 14.8 Å². The molecule has 0 saturated carbocycles. The second-order valence-electron chi connectivity index (χ2n) is 12.9. The number of aromatic nitrogens is 2. The number of imidazole rings is 1. The Kier molecular flexibility index (Phi) is 9.23. The van der Waals surface area contributed by atoms with Gasteiger partial charge in [0.2, 0.25) is 5.91 Å². The van der Waals surface area contributed by atoms with Crippen LogP contribution in [0.5, 0.6) is 0 Å². The molecule has 44 heavy (non-hydrogen) atoms. The molecule has 0 unspecified atom stereocenters. The molecule has 3 aliphatic heterocycles. The van der Waals surface area contributed by atoms with E-state index in [1.165, 1.54) is 24.4 Å². The van der Waals surface area contributed by atoms with Crippen molar-refractivity contribution in [2.45, 2.75) is 99.6 Å². The van der Waals surface area contributed by atoms with Gasteiger partial charge in [-0.2, -0.15) is 0 Å². The number of aryl methyl sites for hydroxylation is 1. The molecule has 2 bridgehead atoms. The van der Waals surface area contributed by atoms with Crippen LogP contribution in [0.25, 0.3) is 11.0 Å². The Morgan fingerprint density at radius 3 is 2.41 bits per heavy atom. The average Bonchev–Trinajstić information content (AvgIpc) is 3.48. The van der Waals surface area contributed by atoms with Crippen LogP contribution >= 0.6 is 23.2 Å². The van der Waals surface area contributed by atoms with E-state index < -0.39 is 16.8 Å². The van der Waals surface area contributed by atoms with Crippen LogP contribution in [0, 0.1) is 12.7 Å². The van der Waals surface area contributed by atoms with Gasteiger partial charge in [0.15, 0.2) is 4.84 Å². The van der Waals surface area contributed by atoms with Crippen LogP contribution < -0.4 is 5.32 Å². The summed E-state index contributed by atoms with van der Waals surface area (Å²) in [4.78, 5) is 33.6. The van der Waals surface area contributed by atoms with Gasteiger partial charge in [-0.05, 0) is 100 Å². The molecule has 1 N–H and O–H groups in total. The van der Waals surface area contributed by atoms with Gasteiger partial charge in [0.05, 0.1) is 11.0 Å². The number of hydrogen-bond acceptors (Lipinski definition) is 4. The summed E-state index contributed by atoms with van der Waals surface area (Å²) < 4.78 is 17.0. The molecule has 3 fully saturated rings. The van der Waals surface area contributed by atoms with Gasteiger partial charge in [-0.1, -0.05) is 54.4 Å². The summed E-state index contributed by atoms with van der Waals surface area (Å²) in [6.07, 6.45) is 7.49. The molecule has 0 spiro atoms. The lowest BCUT2D eigenvalue weighted by Crippen LogP contribution is -2.54. The van der Waals surface area contributed by atoms with Crippen LogP contribution in [0.1, 0.15) is 75.7 Å². The van der Waals surface area contributed by atoms with Gasteiger partial charge in [-0.15, -0.1) is 0 Å². The maximum atomic E-state index is 14.5. The first-order valence-corrected chi connectivity index (χ1v) is 16.9. The van der Waals surface area contributed by atoms with Crippen molar-refractivity contribution in [1.29, 1.82) is 0 Å². The fraction of sp³-hybridized carbons (Fsp3) is 0.559. The van der Waals surface area contributed by atoms with E-state index in [2.05, 4.69) is 46.0 Å². The normalized spacial score (nSPS) is 24.1. The van der Waals surface area contributed by atoms with Gasteiger partial charge in [0.25, 0.3) is 5.91 Å². The highest BCUT2D eigenvalue weighted by Crippen LogP contribution is 2.45. The highest BCUT2D eigenvalue weighted by molar-refractivity contribution is 6.53. The molecular weight excluding hydrogens is 600 g/mol. The molecule has 3 aliphatic rings. The monoisotopic (exact) mass is 641 g/mol. The number of carbonyl (C=O) groups excluding carboxylic acids is 2. The number of carbonyl (C=O) groups is 2. The number of para-hydroxylation sites is 2. The summed E-state index contributed by atoms with van der Waals surface area (Å²) in [5.41, 5.74) is 3.08. The van der Waals surface area contributed by atoms with Crippen LogP contribution in [-0.2, 0) is 15.0 Å². The predicted molar refractivity (Wildman–Crippen MR) is 172 cm³/mol. The zero-order chi connectivity index (χ0) is 31.0. The molecular formula is C34H42Cl2FN5O2. The van der Waals surface area contributed by atoms with E-state index in [1.807, 2.05) is 17.9 Å². The minimum atomic E-state index is -1.22. The SMILES string of the molecule is CC[C@H](NC(=O)C(Cl)Cl)C(=O)N1CCC(CCN2[C@@H]3CC[C@H]2C[C@@H](n2c(C)nc4ccccc42)C3)(c2cccc(F)c2)CC1. The molecule has 4 atom stereocenters. The fourth-order valence-corrected chi connectivity index (χ4v) is 8.37. The Morgan fingerprint density at radius 1 is 1.05 bits per heavy atom. The number of halogens is 3. The minimum absolute atomic E-state index is 0.120. The van der Waals surface area contributed by atoms with E-state index in [9.17, 15) is 14.0 Å². The third-order valence-corrected chi connectivity index (χ3v) is 10.9. The van der Waals surface area contributed by atoms with Gasteiger partial charge in [0.1, 0.15) is 17.7 Å². The van der Waals surface area contributed by atoms with Crippen LogP contribution in [0.3, 0.4) is 0 Å². The molecule has 3 saturated heterocycles. The molecule has 7 nitrogen and oxygen atoms in total. The Hall–Kier alpha value is -2.68. The van der Waals surface area contributed by atoms with Gasteiger partial charge in [0, 0.05) is 31.2 Å². The molecule has 2 aromatic carbocycles. The maximum absolute atomic E-state index is 14.5. The van der Waals surface area contributed by atoms with E-state index in [-0.39, 0.29) is 17.1 Å². The Bertz CT molecular complexity index is 1490. The second kappa shape index (κ2) is 13.0. The number of hydrogen-bond donors (Lipinski definition) is 1. The number of benzene rings is 2. The van der Waals surface area contributed by atoms with Crippen molar-refractivity contribution in [3.8, 4) is 0 Å². The molecule has 3 aromatic rings. The third kappa shape index (κ3) is 6.10. The summed E-state index contributed by atoms with van der Waals surface area (Å²) in [5.74, 6) is 0.180. The van der Waals surface area contributed by atoms with Crippen LogP contribution in [0.4, 0.5) is 4.39 Å². The lowest BCUT2D eigenvalue weighted by atomic mass is 9.70. The van der Waals surface area contributed by atoms with E-state index in [4.69, 9.17) is 28.2 Å². The lowest BCUT2D eigenvalue weighted by Gasteiger charge is -2.46. The highest BCUT2D eigenvalue weighted by Gasteiger charge is 2.44. The number of alkyl halides is 2. The number of fused-ring (bicyclic) bond motifs is 3. The lowest BCUT2D eigenvalue weighted by molar-refractivity contribution is -0.137. The maximum Gasteiger partial charge on any atom is 0.253 e. The second-order valence-corrected chi connectivity index (χ2v) is 14.0. The first-order chi connectivity index (χ1) is 21.2. The Morgan fingerprint density at radius 2 is 1.75 bits per heavy atom. The van der Waals surface area contributed by atoms with E-state index in [1.54, 1.807) is 12.1 Å². The first-order valence-electron chi connectivity index (χ1n) is 16.0. The topological polar surface area (TPSA) is 70.5 Å². The first kappa shape index (κ1) is 31.3. The van der Waals surface area contributed by atoms with Crippen LogP contribution in [-0.4, -0.2) is 73.8 Å². The number of piperidine rings is 2. The van der Waals surface area contributed by atoms with Gasteiger partial charge in [-0.3, -0.25) is 14.5 Å². The van der Waals surface area contributed by atoms with Crippen molar-refractivity contribution >= 4 is 46.0 Å². The number of amides is 2. The Balaban J connectivity index is 1.16. The molecule has 10 heteroatoms. The van der Waals surface area contributed by atoms with Crippen molar-refractivity contribution in [2.24, 2.45) is 0 Å². The zero-order valence-electron chi connectivity index (χ0n) is 25.5. The number of likely N-dealkylation sites (tertiary alicyclic amines) is 1. The number of nitrogens with zero attached hydrogens (tertiary/aromatic N) is 4. The van der Waals surface area contributed by atoms with E-state index >= 15 is 0 Å². The summed E-state index contributed by atoms with van der Waals surface area (Å²) >= 11 is 11.4. The third-order valence-electron chi connectivity index (χ3n) is 10.5. The van der Waals surface area contributed by atoms with Gasteiger partial charge >= 0.3 is 0 Å². The average molecular weight is 643 g/mol. The van der Waals surface area contributed by atoms with Gasteiger partial charge in [-0.25, -0.2) is 9.37 Å². The zero-order valence-corrected chi connectivity index (χ0v) is 27.0. The van der Waals surface area contributed by atoms with E-state index in [0.717, 1.165) is 55.6 Å². The summed E-state index contributed by atoms with van der Waals surface area (Å²) in [5, 5.41) is 2.68.